The number of allylic oxidation sites excluding steroid dienone is 1. The lowest BCUT2D eigenvalue weighted by Crippen LogP contribution is -2.20. The van der Waals surface area contributed by atoms with Crippen LogP contribution >= 0.6 is 0 Å². The lowest BCUT2D eigenvalue weighted by atomic mass is 9.89. The minimum Gasteiger partial charge on any atom is -0.373 e. The number of pyridine rings is 1. The van der Waals surface area contributed by atoms with Crippen LogP contribution in [0.2, 0.25) is 0 Å². The molecular formula is C25H28F3N5O. The van der Waals surface area contributed by atoms with Gasteiger partial charge in [0.15, 0.2) is 0 Å². The van der Waals surface area contributed by atoms with Crippen LogP contribution in [-0.2, 0) is 11.2 Å². The Hall–Kier alpha value is -2.81. The summed E-state index contributed by atoms with van der Waals surface area (Å²) >= 11 is 0. The molecule has 1 saturated heterocycles. The van der Waals surface area contributed by atoms with Gasteiger partial charge in [-0.15, -0.1) is 0 Å². The molecule has 0 amide bonds. The Bertz CT molecular complexity index is 1230. The molecule has 2 atom stereocenters. The Kier molecular flexibility index (Phi) is 5.91. The first-order valence-electron chi connectivity index (χ1n) is 11.7. The number of hydrogen-bond acceptors (Lipinski definition) is 5. The van der Waals surface area contributed by atoms with Gasteiger partial charge >= 0.3 is 6.18 Å². The van der Waals surface area contributed by atoms with Gasteiger partial charge in [0.1, 0.15) is 5.52 Å². The van der Waals surface area contributed by atoms with Gasteiger partial charge < -0.3 is 4.74 Å². The van der Waals surface area contributed by atoms with E-state index in [9.17, 15) is 13.2 Å². The van der Waals surface area contributed by atoms with E-state index < -0.39 is 11.7 Å². The van der Waals surface area contributed by atoms with Gasteiger partial charge in [-0.1, -0.05) is 6.58 Å². The largest absolute Gasteiger partial charge is 0.412 e. The molecule has 5 rings (SSSR count). The maximum absolute atomic E-state index is 13.0. The highest BCUT2D eigenvalue weighted by Gasteiger charge is 2.32. The number of ether oxygens (including phenoxy) is 1. The summed E-state index contributed by atoms with van der Waals surface area (Å²) in [5.74, 6) is 0.111. The molecule has 180 valence electrons. The first-order chi connectivity index (χ1) is 16.2. The highest BCUT2D eigenvalue weighted by atomic mass is 19.4. The van der Waals surface area contributed by atoms with E-state index in [0.29, 0.717) is 29.4 Å². The smallest absolute Gasteiger partial charge is 0.373 e. The van der Waals surface area contributed by atoms with Crippen molar-refractivity contribution in [2.45, 2.75) is 76.6 Å². The molecule has 4 heterocycles. The Morgan fingerprint density at radius 1 is 1.15 bits per heavy atom. The molecule has 2 fully saturated rings. The number of nitrogens with zero attached hydrogens (tertiary/aromatic N) is 5. The van der Waals surface area contributed by atoms with E-state index in [4.69, 9.17) is 9.72 Å². The second-order valence-corrected chi connectivity index (χ2v) is 9.42. The van der Waals surface area contributed by atoms with Crippen LogP contribution in [0.15, 0.2) is 30.6 Å². The molecule has 1 aliphatic carbocycles. The number of rotatable bonds is 6. The maximum Gasteiger partial charge on any atom is 0.412 e. The summed E-state index contributed by atoms with van der Waals surface area (Å²) in [6.07, 6.45) is 3.21. The summed E-state index contributed by atoms with van der Waals surface area (Å²) in [4.78, 5) is 14.1. The minimum absolute atomic E-state index is 0.0805. The zero-order valence-corrected chi connectivity index (χ0v) is 19.4. The molecule has 6 nitrogen and oxygen atoms in total. The third-order valence-corrected chi connectivity index (χ3v) is 6.84. The first-order valence-corrected chi connectivity index (χ1v) is 11.7. The summed E-state index contributed by atoms with van der Waals surface area (Å²) in [5.41, 5.74) is 4.46. The van der Waals surface area contributed by atoms with E-state index in [1.165, 1.54) is 12.8 Å². The number of aromatic nitrogens is 5. The molecule has 0 radical (unpaired) electrons. The topological polar surface area (TPSA) is 65.7 Å². The third kappa shape index (κ3) is 4.71. The zero-order chi connectivity index (χ0) is 24.0. The summed E-state index contributed by atoms with van der Waals surface area (Å²) in [6, 6.07) is 2.45. The van der Waals surface area contributed by atoms with E-state index in [-0.39, 0.29) is 24.9 Å². The maximum atomic E-state index is 13.0. The normalized spacial score (nSPS) is 21.2. The fraction of sp³-hybridized carbons (Fsp3) is 0.520. The van der Waals surface area contributed by atoms with Crippen LogP contribution in [0.5, 0.6) is 0 Å². The number of halogens is 3. The van der Waals surface area contributed by atoms with Gasteiger partial charge in [0, 0.05) is 35.6 Å². The second kappa shape index (κ2) is 8.76. The molecule has 1 saturated carbocycles. The molecule has 34 heavy (non-hydrogen) atoms. The van der Waals surface area contributed by atoms with Crippen molar-refractivity contribution in [3.05, 3.63) is 59.0 Å². The Morgan fingerprint density at radius 2 is 1.91 bits per heavy atom. The number of fused-ring (bicyclic) bond motifs is 1. The van der Waals surface area contributed by atoms with Gasteiger partial charge in [0.25, 0.3) is 0 Å². The third-order valence-electron chi connectivity index (χ3n) is 6.84. The van der Waals surface area contributed by atoms with Crippen molar-refractivity contribution in [3.63, 3.8) is 0 Å². The van der Waals surface area contributed by atoms with Crippen LogP contribution in [0.4, 0.5) is 13.2 Å². The molecule has 0 bridgehead atoms. The minimum atomic E-state index is -4.41. The van der Waals surface area contributed by atoms with Crippen LogP contribution in [0, 0.1) is 13.8 Å². The molecule has 1 aliphatic heterocycles. The lowest BCUT2D eigenvalue weighted by molar-refractivity contribution is -0.0935. The van der Waals surface area contributed by atoms with E-state index in [1.807, 2.05) is 30.8 Å². The van der Waals surface area contributed by atoms with Crippen molar-refractivity contribution in [2.75, 3.05) is 6.61 Å². The quantitative estimate of drug-likeness (QED) is 0.422. The molecule has 2 aliphatic rings. The highest BCUT2D eigenvalue weighted by Crippen LogP contribution is 2.40. The fourth-order valence-corrected chi connectivity index (χ4v) is 4.46. The number of alkyl halides is 3. The van der Waals surface area contributed by atoms with Gasteiger partial charge in [-0.2, -0.15) is 18.3 Å². The number of aryl methyl sites for hydroxylation is 3. The van der Waals surface area contributed by atoms with Crippen molar-refractivity contribution in [2.24, 2.45) is 0 Å². The van der Waals surface area contributed by atoms with Crippen LogP contribution < -0.4 is 0 Å². The lowest BCUT2D eigenvalue weighted by Gasteiger charge is -2.29. The molecule has 3 aromatic heterocycles. The van der Waals surface area contributed by atoms with Crippen molar-refractivity contribution < 1.29 is 17.9 Å². The van der Waals surface area contributed by atoms with Gasteiger partial charge in [-0.3, -0.25) is 9.67 Å². The molecule has 0 spiro atoms. The van der Waals surface area contributed by atoms with Gasteiger partial charge in [0.2, 0.25) is 0 Å². The average molecular weight is 472 g/mol. The number of hydrogen-bond donors (Lipinski definition) is 0. The first kappa shape index (κ1) is 23.0. The molecule has 2 unspecified atom stereocenters. The van der Waals surface area contributed by atoms with Gasteiger partial charge in [-0.05, 0) is 58.4 Å². The van der Waals surface area contributed by atoms with E-state index in [2.05, 4.69) is 27.8 Å². The molecule has 3 aromatic rings. The van der Waals surface area contributed by atoms with Crippen molar-refractivity contribution in [1.82, 2.24) is 24.7 Å². The van der Waals surface area contributed by atoms with E-state index in [0.717, 1.165) is 35.5 Å². The Labute approximate surface area is 196 Å². The van der Waals surface area contributed by atoms with Gasteiger partial charge in [0.05, 0.1) is 40.9 Å². The monoisotopic (exact) mass is 471 g/mol. The predicted molar refractivity (Wildman–Crippen MR) is 121 cm³/mol. The molecular weight excluding hydrogens is 443 g/mol. The Morgan fingerprint density at radius 3 is 2.65 bits per heavy atom. The summed E-state index contributed by atoms with van der Waals surface area (Å²) in [7, 11) is 0. The standard InChI is InChI=1S/C25H28F3N5O/c1-14(25(26,27)28)4-7-20-24-22(30-15(2)16(3)31-24)11-21(32-20)17-8-9-34-23(10-17)18-12-29-33(13-18)19-5-6-19/h11-13,17,19,23H,1,4-10H2,2-3H3. The fourth-order valence-electron chi connectivity index (χ4n) is 4.46. The molecule has 9 heteroatoms. The van der Waals surface area contributed by atoms with E-state index >= 15 is 0 Å². The van der Waals surface area contributed by atoms with E-state index in [1.54, 1.807) is 0 Å². The molecule has 0 N–H and O–H groups in total. The van der Waals surface area contributed by atoms with Gasteiger partial charge in [-0.25, -0.2) is 9.97 Å². The summed E-state index contributed by atoms with van der Waals surface area (Å²) in [5, 5.41) is 4.49. The second-order valence-electron chi connectivity index (χ2n) is 9.42. The van der Waals surface area contributed by atoms with Crippen LogP contribution in [0.25, 0.3) is 11.0 Å². The van der Waals surface area contributed by atoms with Crippen LogP contribution in [-0.4, -0.2) is 37.5 Å². The van der Waals surface area contributed by atoms with Crippen molar-refractivity contribution >= 4 is 11.0 Å². The van der Waals surface area contributed by atoms with Crippen LogP contribution in [0.3, 0.4) is 0 Å². The average Bonchev–Trinajstić information content (AvgIpc) is 3.54. The SMILES string of the molecule is C=C(CCc1nc(C2CCOC(c3cnn(C4CC4)c3)C2)cc2nc(C)c(C)nc12)C(F)(F)F. The van der Waals surface area contributed by atoms with Crippen molar-refractivity contribution in [3.8, 4) is 0 Å². The molecule has 0 aromatic carbocycles. The summed E-state index contributed by atoms with van der Waals surface area (Å²) < 4.78 is 47.2. The van der Waals surface area contributed by atoms with Crippen LogP contribution in [0.1, 0.15) is 78.5 Å². The Balaban J connectivity index is 1.44. The predicted octanol–water partition coefficient (Wildman–Crippen LogP) is 5.86. The van der Waals surface area contributed by atoms with Crippen molar-refractivity contribution in [1.29, 1.82) is 0 Å². The highest BCUT2D eigenvalue weighted by molar-refractivity contribution is 5.77. The summed E-state index contributed by atoms with van der Waals surface area (Å²) in [6.45, 7) is 7.53. The zero-order valence-electron chi connectivity index (χ0n) is 19.4.